The lowest BCUT2D eigenvalue weighted by Crippen LogP contribution is -2.13. The topological polar surface area (TPSA) is 0 Å². The van der Waals surface area contributed by atoms with Crippen molar-refractivity contribution in [2.45, 2.75) is 25.7 Å². The van der Waals surface area contributed by atoms with Gasteiger partial charge in [-0.25, -0.2) is 0 Å². The van der Waals surface area contributed by atoms with Crippen LogP contribution < -0.4 is 0 Å². The van der Waals surface area contributed by atoms with E-state index in [0.717, 1.165) is 11.8 Å². The minimum Gasteiger partial charge on any atom is -0.0882 e. The zero-order valence-electron chi connectivity index (χ0n) is 7.45. The maximum atomic E-state index is 2.41. The first-order chi connectivity index (χ1) is 5.97. The molecule has 0 aromatic carbocycles. The molecule has 2 rings (SSSR count). The molecular weight excluding hydrogens is 144 g/mol. The molecule has 2 aliphatic carbocycles. The molecule has 2 aliphatic rings. The molecule has 0 aromatic rings. The van der Waals surface area contributed by atoms with Gasteiger partial charge < -0.3 is 0 Å². The van der Waals surface area contributed by atoms with Gasteiger partial charge in [-0.1, -0.05) is 36.5 Å². The molecule has 0 aliphatic heterocycles. The standard InChI is InChI=1S/C12H16/c1-3-7-11(8-4-1)12-9-5-2-6-10-12/h1,3-5,7,9,11-12H,2,6,8,10H2/t11-,12-/m1/s1. The molecule has 0 aromatic heterocycles. The van der Waals surface area contributed by atoms with E-state index < -0.39 is 0 Å². The summed E-state index contributed by atoms with van der Waals surface area (Å²) in [4.78, 5) is 0. The summed E-state index contributed by atoms with van der Waals surface area (Å²) in [5, 5.41) is 0. The highest BCUT2D eigenvalue weighted by molar-refractivity contribution is 5.14. The third-order valence-electron chi connectivity index (χ3n) is 2.86. The summed E-state index contributed by atoms with van der Waals surface area (Å²) in [7, 11) is 0. The lowest BCUT2D eigenvalue weighted by atomic mass is 9.81. The van der Waals surface area contributed by atoms with Crippen LogP contribution in [0.25, 0.3) is 0 Å². The summed E-state index contributed by atoms with van der Waals surface area (Å²) in [5.41, 5.74) is 0. The van der Waals surface area contributed by atoms with E-state index in [1.54, 1.807) is 0 Å². The maximum Gasteiger partial charge on any atom is -0.0133 e. The first-order valence-electron chi connectivity index (χ1n) is 4.97. The van der Waals surface area contributed by atoms with Gasteiger partial charge in [-0.05, 0) is 37.5 Å². The van der Waals surface area contributed by atoms with Crippen LogP contribution in [0, 0.1) is 11.8 Å². The quantitative estimate of drug-likeness (QED) is 0.515. The van der Waals surface area contributed by atoms with E-state index in [4.69, 9.17) is 0 Å². The third kappa shape index (κ3) is 1.69. The fourth-order valence-electron chi connectivity index (χ4n) is 2.11. The van der Waals surface area contributed by atoms with E-state index >= 15 is 0 Å². The molecule has 0 bridgehead atoms. The van der Waals surface area contributed by atoms with Crippen molar-refractivity contribution in [2.24, 2.45) is 11.8 Å². The Morgan fingerprint density at radius 3 is 2.58 bits per heavy atom. The van der Waals surface area contributed by atoms with Gasteiger partial charge in [-0.3, -0.25) is 0 Å². The molecule has 0 saturated carbocycles. The van der Waals surface area contributed by atoms with E-state index in [2.05, 4.69) is 36.5 Å². The van der Waals surface area contributed by atoms with E-state index in [-0.39, 0.29) is 0 Å². The van der Waals surface area contributed by atoms with Crippen LogP contribution in [0.3, 0.4) is 0 Å². The van der Waals surface area contributed by atoms with E-state index in [0.29, 0.717) is 0 Å². The molecule has 64 valence electrons. The zero-order chi connectivity index (χ0) is 8.23. The number of hydrogen-bond donors (Lipinski definition) is 0. The summed E-state index contributed by atoms with van der Waals surface area (Å²) < 4.78 is 0. The van der Waals surface area contributed by atoms with Gasteiger partial charge in [0.05, 0.1) is 0 Å². The first kappa shape index (κ1) is 7.85. The van der Waals surface area contributed by atoms with Crippen molar-refractivity contribution < 1.29 is 0 Å². The first-order valence-corrected chi connectivity index (χ1v) is 4.97. The second kappa shape index (κ2) is 3.75. The Labute approximate surface area is 74.7 Å². The average Bonchev–Trinajstić information content (AvgIpc) is 2.21. The summed E-state index contributed by atoms with van der Waals surface area (Å²) in [6, 6.07) is 0. The van der Waals surface area contributed by atoms with Gasteiger partial charge in [-0.15, -0.1) is 0 Å². The molecule has 0 N–H and O–H groups in total. The molecule has 0 radical (unpaired) electrons. The van der Waals surface area contributed by atoms with Gasteiger partial charge in [0.2, 0.25) is 0 Å². The van der Waals surface area contributed by atoms with Crippen molar-refractivity contribution in [1.82, 2.24) is 0 Å². The molecule has 0 heteroatoms. The lowest BCUT2D eigenvalue weighted by molar-refractivity contribution is 0.421. The van der Waals surface area contributed by atoms with Crippen LogP contribution in [-0.2, 0) is 0 Å². The highest BCUT2D eigenvalue weighted by Gasteiger charge is 2.17. The fraction of sp³-hybridized carbons (Fsp3) is 0.500. The molecule has 0 fully saturated rings. The highest BCUT2D eigenvalue weighted by Crippen LogP contribution is 2.29. The summed E-state index contributed by atoms with van der Waals surface area (Å²) in [5.74, 6) is 1.60. The van der Waals surface area contributed by atoms with Gasteiger partial charge in [-0.2, -0.15) is 0 Å². The van der Waals surface area contributed by atoms with Gasteiger partial charge in [0.15, 0.2) is 0 Å². The molecular formula is C12H16. The summed E-state index contributed by atoms with van der Waals surface area (Å²) >= 11 is 0. The van der Waals surface area contributed by atoms with E-state index in [1.165, 1.54) is 25.7 Å². The Kier molecular flexibility index (Phi) is 2.45. The van der Waals surface area contributed by atoms with Crippen molar-refractivity contribution in [3.05, 3.63) is 36.5 Å². The van der Waals surface area contributed by atoms with Crippen molar-refractivity contribution in [2.75, 3.05) is 0 Å². The van der Waals surface area contributed by atoms with Gasteiger partial charge >= 0.3 is 0 Å². The highest BCUT2D eigenvalue weighted by atomic mass is 14.2. The number of hydrogen-bond acceptors (Lipinski definition) is 0. The second-order valence-electron chi connectivity index (χ2n) is 3.74. The Balaban J connectivity index is 1.99. The predicted octanol–water partition coefficient (Wildman–Crippen LogP) is 3.48. The van der Waals surface area contributed by atoms with Crippen LogP contribution in [0.4, 0.5) is 0 Å². The molecule has 0 unspecified atom stereocenters. The van der Waals surface area contributed by atoms with Crippen LogP contribution in [0.2, 0.25) is 0 Å². The molecule has 0 heterocycles. The normalized spacial score (nSPS) is 34.0. The smallest absolute Gasteiger partial charge is 0.0133 e. The van der Waals surface area contributed by atoms with Crippen molar-refractivity contribution in [1.29, 1.82) is 0 Å². The predicted molar refractivity (Wildman–Crippen MR) is 52.9 cm³/mol. The van der Waals surface area contributed by atoms with Gasteiger partial charge in [0.25, 0.3) is 0 Å². The van der Waals surface area contributed by atoms with Crippen LogP contribution in [-0.4, -0.2) is 0 Å². The molecule has 0 nitrogen and oxygen atoms in total. The van der Waals surface area contributed by atoms with Crippen molar-refractivity contribution >= 4 is 0 Å². The number of allylic oxidation sites excluding steroid dienone is 6. The summed E-state index contributed by atoms with van der Waals surface area (Å²) in [6.45, 7) is 0. The van der Waals surface area contributed by atoms with Gasteiger partial charge in [0, 0.05) is 0 Å². The monoisotopic (exact) mass is 160 g/mol. The lowest BCUT2D eigenvalue weighted by Gasteiger charge is -2.24. The van der Waals surface area contributed by atoms with Crippen LogP contribution in [0.15, 0.2) is 36.5 Å². The SMILES string of the molecule is C1=CC[C@H]([C@@H]2C=CCCC2)C=C1. The zero-order valence-corrected chi connectivity index (χ0v) is 7.45. The van der Waals surface area contributed by atoms with Crippen LogP contribution in [0.1, 0.15) is 25.7 Å². The molecule has 0 amide bonds. The molecule has 0 saturated heterocycles. The Morgan fingerprint density at radius 2 is 1.92 bits per heavy atom. The average molecular weight is 160 g/mol. The Bertz CT molecular complexity index is 220. The maximum absolute atomic E-state index is 2.41. The minimum absolute atomic E-state index is 0.784. The molecule has 0 spiro atoms. The van der Waals surface area contributed by atoms with E-state index in [9.17, 15) is 0 Å². The summed E-state index contributed by atoms with van der Waals surface area (Å²) in [6.07, 6.45) is 19.1. The molecule has 12 heavy (non-hydrogen) atoms. The van der Waals surface area contributed by atoms with Crippen LogP contribution >= 0.6 is 0 Å². The van der Waals surface area contributed by atoms with E-state index in [1.807, 2.05) is 0 Å². The molecule has 2 atom stereocenters. The number of rotatable bonds is 1. The second-order valence-corrected chi connectivity index (χ2v) is 3.74. The Hall–Kier alpha value is -0.780. The van der Waals surface area contributed by atoms with Crippen molar-refractivity contribution in [3.63, 3.8) is 0 Å². The van der Waals surface area contributed by atoms with Crippen molar-refractivity contribution in [3.8, 4) is 0 Å². The third-order valence-corrected chi connectivity index (χ3v) is 2.86. The fourth-order valence-corrected chi connectivity index (χ4v) is 2.11. The Morgan fingerprint density at radius 1 is 0.917 bits per heavy atom. The van der Waals surface area contributed by atoms with Crippen LogP contribution in [0.5, 0.6) is 0 Å². The largest absolute Gasteiger partial charge is 0.0882 e. The van der Waals surface area contributed by atoms with Gasteiger partial charge in [0.1, 0.15) is 0 Å². The minimum atomic E-state index is 0.784.